The van der Waals surface area contributed by atoms with Crippen LogP contribution in [0.25, 0.3) is 0 Å². The van der Waals surface area contributed by atoms with Gasteiger partial charge in [0.25, 0.3) is 0 Å². The summed E-state index contributed by atoms with van der Waals surface area (Å²) in [5, 5.41) is 22.7. The Morgan fingerprint density at radius 1 is 1.00 bits per heavy atom. The second-order valence-electron chi connectivity index (χ2n) is 7.81. The van der Waals surface area contributed by atoms with Crippen LogP contribution >= 0.6 is 0 Å². The number of unbranched alkanes of at least 4 members (excludes halogenated alkanes) is 1. The number of nitrogens with zero attached hydrogens (tertiary/aromatic N) is 1. The zero-order valence-electron chi connectivity index (χ0n) is 18.2. The number of likely N-dealkylation sites (tertiary alicyclic amines) is 1. The zero-order chi connectivity index (χ0) is 25.1. The van der Waals surface area contributed by atoms with Crippen molar-refractivity contribution in [3.05, 3.63) is 0 Å². The van der Waals surface area contributed by atoms with Crippen molar-refractivity contribution < 1.29 is 39.0 Å². The Kier molecular flexibility index (Phi) is 11.2. The Labute approximate surface area is 190 Å². The molecule has 0 saturated carbocycles. The Morgan fingerprint density at radius 2 is 1.67 bits per heavy atom. The first kappa shape index (κ1) is 27.8. The van der Waals surface area contributed by atoms with Gasteiger partial charge < -0.3 is 42.9 Å². The van der Waals surface area contributed by atoms with Gasteiger partial charge in [-0.3, -0.25) is 24.0 Å². The van der Waals surface area contributed by atoms with Crippen LogP contribution in [0, 0.1) is 0 Å². The fourth-order valence-electron chi connectivity index (χ4n) is 3.48. The number of hydrogen-bond donors (Lipinski definition) is 7. The Morgan fingerprint density at radius 3 is 2.21 bits per heavy atom. The van der Waals surface area contributed by atoms with Gasteiger partial charge in [0.15, 0.2) is 0 Å². The number of carbonyl (C=O) groups is 6. The SMILES string of the molecule is NCCCCC(NC(=O)C(N)CC(=O)O)C(=O)N1CCCC1C(=O)NC(CC(N)=O)C(=O)O. The highest BCUT2D eigenvalue weighted by Gasteiger charge is 2.39. The molecule has 33 heavy (non-hydrogen) atoms. The number of amides is 4. The first-order valence-corrected chi connectivity index (χ1v) is 10.6. The van der Waals surface area contributed by atoms with E-state index in [0.717, 1.165) is 0 Å². The van der Waals surface area contributed by atoms with Gasteiger partial charge >= 0.3 is 11.9 Å². The van der Waals surface area contributed by atoms with E-state index in [0.29, 0.717) is 25.8 Å². The van der Waals surface area contributed by atoms with Gasteiger partial charge in [0.1, 0.15) is 18.1 Å². The zero-order valence-corrected chi connectivity index (χ0v) is 18.2. The second-order valence-corrected chi connectivity index (χ2v) is 7.81. The largest absolute Gasteiger partial charge is 0.481 e. The van der Waals surface area contributed by atoms with E-state index in [9.17, 15) is 33.9 Å². The molecule has 0 bridgehead atoms. The van der Waals surface area contributed by atoms with Crippen molar-refractivity contribution in [2.24, 2.45) is 17.2 Å². The molecular weight excluding hydrogens is 440 g/mol. The van der Waals surface area contributed by atoms with E-state index in [1.807, 2.05) is 0 Å². The summed E-state index contributed by atoms with van der Waals surface area (Å²) in [4.78, 5) is 72.6. The number of carboxylic acids is 2. The van der Waals surface area contributed by atoms with Crippen LogP contribution in [0.3, 0.4) is 0 Å². The lowest BCUT2D eigenvalue weighted by molar-refractivity contribution is -0.146. The lowest BCUT2D eigenvalue weighted by Gasteiger charge is -2.30. The average Bonchev–Trinajstić information content (AvgIpc) is 3.21. The highest BCUT2D eigenvalue weighted by atomic mass is 16.4. The molecule has 4 unspecified atom stereocenters. The fraction of sp³-hybridized carbons (Fsp3) is 0.684. The lowest BCUT2D eigenvalue weighted by atomic mass is 10.1. The predicted molar refractivity (Wildman–Crippen MR) is 113 cm³/mol. The summed E-state index contributed by atoms with van der Waals surface area (Å²) in [5.74, 6) is -5.80. The van der Waals surface area contributed by atoms with Crippen LogP contribution in [-0.4, -0.2) is 87.9 Å². The lowest BCUT2D eigenvalue weighted by Crippen LogP contribution is -2.57. The maximum absolute atomic E-state index is 13.2. The summed E-state index contributed by atoms with van der Waals surface area (Å²) in [6.07, 6.45) is 0.708. The van der Waals surface area contributed by atoms with Gasteiger partial charge in [-0.2, -0.15) is 0 Å². The normalized spacial score (nSPS) is 18.1. The molecule has 1 aliphatic rings. The summed E-state index contributed by atoms with van der Waals surface area (Å²) < 4.78 is 0. The highest BCUT2D eigenvalue weighted by molar-refractivity contribution is 5.95. The molecule has 1 saturated heterocycles. The topological polar surface area (TPSA) is 248 Å². The minimum atomic E-state index is -1.54. The number of hydrogen-bond acceptors (Lipinski definition) is 8. The number of rotatable bonds is 14. The van der Waals surface area contributed by atoms with Gasteiger partial charge in [-0.25, -0.2) is 4.79 Å². The summed E-state index contributed by atoms with van der Waals surface area (Å²) >= 11 is 0. The molecule has 14 nitrogen and oxygen atoms in total. The Hall–Kier alpha value is -3.26. The van der Waals surface area contributed by atoms with Crippen LogP contribution in [-0.2, 0) is 28.8 Å². The van der Waals surface area contributed by atoms with Crippen LogP contribution in [0.4, 0.5) is 0 Å². The van der Waals surface area contributed by atoms with E-state index >= 15 is 0 Å². The molecule has 10 N–H and O–H groups in total. The van der Waals surface area contributed by atoms with Crippen molar-refractivity contribution in [2.45, 2.75) is 69.1 Å². The standard InChI is InChI=1S/C19H32N6O8/c20-6-2-1-4-11(23-16(29)10(21)8-15(27)28)18(31)25-7-3-5-13(25)17(30)24-12(19(32)33)9-14(22)26/h10-13H,1-9,20-21H2,(H2,22,26)(H,23,29)(H,24,30)(H,27,28)(H,32,33). The molecule has 1 heterocycles. The van der Waals surface area contributed by atoms with E-state index < -0.39 is 72.6 Å². The van der Waals surface area contributed by atoms with E-state index in [-0.39, 0.29) is 19.4 Å². The molecule has 4 amide bonds. The number of aliphatic carboxylic acids is 2. The number of nitrogens with one attached hydrogen (secondary N) is 2. The average molecular weight is 472 g/mol. The minimum Gasteiger partial charge on any atom is -0.481 e. The first-order valence-electron chi connectivity index (χ1n) is 10.6. The molecule has 0 aromatic heterocycles. The fourth-order valence-corrected chi connectivity index (χ4v) is 3.48. The molecule has 0 aliphatic carbocycles. The van der Waals surface area contributed by atoms with Crippen molar-refractivity contribution in [3.63, 3.8) is 0 Å². The summed E-state index contributed by atoms with van der Waals surface area (Å²) in [6.45, 7) is 0.549. The van der Waals surface area contributed by atoms with Crippen LogP contribution in [0.5, 0.6) is 0 Å². The first-order chi connectivity index (χ1) is 15.5. The van der Waals surface area contributed by atoms with Crippen molar-refractivity contribution in [3.8, 4) is 0 Å². The van der Waals surface area contributed by atoms with Crippen molar-refractivity contribution in [1.82, 2.24) is 15.5 Å². The summed E-state index contributed by atoms with van der Waals surface area (Å²) in [7, 11) is 0. The van der Waals surface area contributed by atoms with E-state index in [2.05, 4.69) is 10.6 Å². The van der Waals surface area contributed by atoms with Crippen molar-refractivity contribution in [1.29, 1.82) is 0 Å². The number of carboxylic acid groups (broad SMARTS) is 2. The quantitative estimate of drug-likeness (QED) is 0.125. The summed E-state index contributed by atoms with van der Waals surface area (Å²) in [6, 6.07) is -4.98. The van der Waals surface area contributed by atoms with Gasteiger partial charge in [0.2, 0.25) is 23.6 Å². The van der Waals surface area contributed by atoms with E-state index in [1.165, 1.54) is 4.90 Å². The molecule has 0 spiro atoms. The van der Waals surface area contributed by atoms with E-state index in [4.69, 9.17) is 22.3 Å². The molecule has 1 aliphatic heterocycles. The monoisotopic (exact) mass is 472 g/mol. The van der Waals surface area contributed by atoms with Gasteiger partial charge in [0, 0.05) is 6.54 Å². The molecule has 14 heteroatoms. The Bertz CT molecular complexity index is 761. The molecule has 0 radical (unpaired) electrons. The minimum absolute atomic E-state index is 0.186. The van der Waals surface area contributed by atoms with Gasteiger partial charge in [-0.15, -0.1) is 0 Å². The molecule has 4 atom stereocenters. The second kappa shape index (κ2) is 13.3. The van der Waals surface area contributed by atoms with Crippen LogP contribution in [0.15, 0.2) is 0 Å². The van der Waals surface area contributed by atoms with Gasteiger partial charge in [0.05, 0.1) is 18.9 Å². The maximum Gasteiger partial charge on any atom is 0.326 e. The number of carbonyl (C=O) groups excluding carboxylic acids is 4. The smallest absolute Gasteiger partial charge is 0.326 e. The number of primary amides is 1. The van der Waals surface area contributed by atoms with E-state index in [1.54, 1.807) is 0 Å². The molecule has 186 valence electrons. The Balaban J connectivity index is 2.95. The molecule has 1 rings (SSSR count). The van der Waals surface area contributed by atoms with Gasteiger partial charge in [-0.05, 0) is 38.6 Å². The summed E-state index contributed by atoms with van der Waals surface area (Å²) in [5.41, 5.74) is 16.1. The predicted octanol–water partition coefficient (Wildman–Crippen LogP) is -3.16. The molecule has 0 aromatic rings. The van der Waals surface area contributed by atoms with Gasteiger partial charge in [-0.1, -0.05) is 0 Å². The molecule has 1 fully saturated rings. The third kappa shape index (κ3) is 9.02. The van der Waals surface area contributed by atoms with Crippen LogP contribution in [0.1, 0.15) is 44.9 Å². The third-order valence-corrected chi connectivity index (χ3v) is 5.15. The molecular formula is C19H32N6O8. The number of nitrogens with two attached hydrogens (primary N) is 3. The van der Waals surface area contributed by atoms with Crippen LogP contribution < -0.4 is 27.8 Å². The third-order valence-electron chi connectivity index (χ3n) is 5.15. The molecule has 0 aromatic carbocycles. The van der Waals surface area contributed by atoms with Crippen molar-refractivity contribution >= 4 is 35.6 Å². The van der Waals surface area contributed by atoms with Crippen LogP contribution in [0.2, 0.25) is 0 Å². The highest BCUT2D eigenvalue weighted by Crippen LogP contribution is 2.20. The maximum atomic E-state index is 13.2. The van der Waals surface area contributed by atoms with Crippen molar-refractivity contribution in [2.75, 3.05) is 13.1 Å².